The molecule has 0 aliphatic carbocycles. The zero-order valence-corrected chi connectivity index (χ0v) is 14.3. The first-order valence-corrected chi connectivity index (χ1v) is 8.08. The first-order chi connectivity index (χ1) is 12.2. The van der Waals surface area contributed by atoms with E-state index in [1.54, 1.807) is 20.3 Å². The zero-order valence-electron chi connectivity index (χ0n) is 14.3. The van der Waals surface area contributed by atoms with Crippen molar-refractivity contribution in [2.75, 3.05) is 27.4 Å². The summed E-state index contributed by atoms with van der Waals surface area (Å²) in [7, 11) is 3.20. The van der Waals surface area contributed by atoms with Crippen LogP contribution in [0.25, 0.3) is 0 Å². The number of hydrogen-bond donors (Lipinski definition) is 1. The Hall–Kier alpha value is -2.89. The number of hydrogen-bond acceptors (Lipinski definition) is 5. The van der Waals surface area contributed by atoms with Gasteiger partial charge < -0.3 is 24.3 Å². The maximum atomic E-state index is 12.3. The summed E-state index contributed by atoms with van der Waals surface area (Å²) in [5.74, 6) is 2.43. The molecule has 0 aromatic heterocycles. The first-order valence-electron chi connectivity index (χ1n) is 8.08. The van der Waals surface area contributed by atoms with Crippen LogP contribution in [0.5, 0.6) is 23.0 Å². The van der Waals surface area contributed by atoms with Crippen LogP contribution in [0.4, 0.5) is 0 Å². The van der Waals surface area contributed by atoms with E-state index in [2.05, 4.69) is 5.32 Å². The molecule has 132 valence electrons. The third-order valence-corrected chi connectivity index (χ3v) is 3.96. The molecule has 25 heavy (non-hydrogen) atoms. The van der Waals surface area contributed by atoms with Gasteiger partial charge in [-0.2, -0.15) is 0 Å². The van der Waals surface area contributed by atoms with E-state index in [1.807, 2.05) is 36.4 Å². The highest BCUT2D eigenvalue weighted by Crippen LogP contribution is 2.31. The molecule has 0 spiro atoms. The fourth-order valence-electron chi connectivity index (χ4n) is 2.63. The van der Waals surface area contributed by atoms with E-state index in [0.717, 1.165) is 5.56 Å². The molecule has 0 unspecified atom stereocenters. The van der Waals surface area contributed by atoms with Gasteiger partial charge in [-0.3, -0.25) is 4.79 Å². The van der Waals surface area contributed by atoms with Crippen LogP contribution in [0, 0.1) is 0 Å². The van der Waals surface area contributed by atoms with Crippen molar-refractivity contribution in [3.63, 3.8) is 0 Å². The molecule has 1 amide bonds. The molecule has 1 aliphatic heterocycles. The summed E-state index contributed by atoms with van der Waals surface area (Å²) >= 11 is 0. The Balaban J connectivity index is 1.52. The number of carbonyl (C=O) groups is 1. The van der Waals surface area contributed by atoms with Gasteiger partial charge in [-0.25, -0.2) is 0 Å². The van der Waals surface area contributed by atoms with Crippen molar-refractivity contribution in [1.82, 2.24) is 5.32 Å². The molecule has 3 rings (SSSR count). The standard InChI is InChI=1S/C19H21NO5/c1-22-14-8-7-13(11-17(14)23-2)9-10-20-19(21)18-12-24-15-5-3-4-6-16(15)25-18/h3-8,11,18H,9-10,12H2,1-2H3,(H,20,21)/t18-/m1/s1. The van der Waals surface area contributed by atoms with E-state index in [0.29, 0.717) is 36.0 Å². The minimum absolute atomic E-state index is 0.185. The number of carbonyl (C=O) groups excluding carboxylic acids is 1. The summed E-state index contributed by atoms with van der Waals surface area (Å²) in [5, 5.41) is 2.88. The van der Waals surface area contributed by atoms with Crippen LogP contribution >= 0.6 is 0 Å². The van der Waals surface area contributed by atoms with Crippen molar-refractivity contribution in [1.29, 1.82) is 0 Å². The minimum atomic E-state index is -0.639. The summed E-state index contributed by atoms with van der Waals surface area (Å²) < 4.78 is 21.8. The molecule has 0 radical (unpaired) electrons. The van der Waals surface area contributed by atoms with Crippen LogP contribution in [0.2, 0.25) is 0 Å². The molecular formula is C19H21NO5. The lowest BCUT2D eigenvalue weighted by Crippen LogP contribution is -2.44. The lowest BCUT2D eigenvalue weighted by Gasteiger charge is -2.25. The summed E-state index contributed by atoms with van der Waals surface area (Å²) in [6.07, 6.45) is 0.0382. The fourth-order valence-corrected chi connectivity index (χ4v) is 2.63. The third-order valence-electron chi connectivity index (χ3n) is 3.96. The quantitative estimate of drug-likeness (QED) is 0.871. The molecule has 1 heterocycles. The zero-order chi connectivity index (χ0) is 17.6. The minimum Gasteiger partial charge on any atom is -0.493 e. The van der Waals surface area contributed by atoms with Crippen LogP contribution in [-0.2, 0) is 11.2 Å². The Morgan fingerprint density at radius 1 is 1.12 bits per heavy atom. The topological polar surface area (TPSA) is 66.0 Å². The van der Waals surface area contributed by atoms with E-state index in [1.165, 1.54) is 0 Å². The highest BCUT2D eigenvalue weighted by atomic mass is 16.6. The SMILES string of the molecule is COc1ccc(CCNC(=O)[C@H]2COc3ccccc3O2)cc1OC. The van der Waals surface area contributed by atoms with Gasteiger partial charge in [0.05, 0.1) is 14.2 Å². The Kier molecular flexibility index (Phi) is 5.28. The molecule has 0 bridgehead atoms. The monoisotopic (exact) mass is 343 g/mol. The summed E-state index contributed by atoms with van der Waals surface area (Å²) in [5.41, 5.74) is 1.05. The predicted molar refractivity (Wildman–Crippen MR) is 92.6 cm³/mol. The van der Waals surface area contributed by atoms with Crippen LogP contribution in [0.15, 0.2) is 42.5 Å². The van der Waals surface area contributed by atoms with Crippen molar-refractivity contribution < 1.29 is 23.7 Å². The first kappa shape index (κ1) is 17.0. The number of rotatable bonds is 6. The molecule has 0 fully saturated rings. The van der Waals surface area contributed by atoms with Crippen LogP contribution in [-0.4, -0.2) is 39.4 Å². The lowest BCUT2D eigenvalue weighted by atomic mass is 10.1. The van der Waals surface area contributed by atoms with Crippen molar-refractivity contribution >= 4 is 5.91 Å². The molecule has 1 N–H and O–H groups in total. The smallest absolute Gasteiger partial charge is 0.264 e. The second-order valence-electron chi connectivity index (χ2n) is 5.59. The van der Waals surface area contributed by atoms with Crippen LogP contribution < -0.4 is 24.3 Å². The van der Waals surface area contributed by atoms with E-state index in [9.17, 15) is 4.79 Å². The van der Waals surface area contributed by atoms with Gasteiger partial charge >= 0.3 is 0 Å². The summed E-state index contributed by atoms with van der Waals surface area (Å²) in [6, 6.07) is 13.0. The van der Waals surface area contributed by atoms with E-state index in [4.69, 9.17) is 18.9 Å². The molecule has 2 aromatic rings. The van der Waals surface area contributed by atoms with Gasteiger partial charge in [0, 0.05) is 6.54 Å². The van der Waals surface area contributed by atoms with Crippen LogP contribution in [0.3, 0.4) is 0 Å². The Morgan fingerprint density at radius 3 is 2.64 bits per heavy atom. The molecule has 6 nitrogen and oxygen atoms in total. The highest BCUT2D eigenvalue weighted by Gasteiger charge is 2.26. The molecule has 6 heteroatoms. The lowest BCUT2D eigenvalue weighted by molar-refractivity contribution is -0.130. The van der Waals surface area contributed by atoms with Gasteiger partial charge in [0.1, 0.15) is 6.61 Å². The molecule has 1 atom stereocenters. The van der Waals surface area contributed by atoms with Crippen molar-refractivity contribution in [3.8, 4) is 23.0 Å². The van der Waals surface area contributed by atoms with Gasteiger partial charge in [-0.15, -0.1) is 0 Å². The molecule has 1 aliphatic rings. The number of fused-ring (bicyclic) bond motifs is 1. The van der Waals surface area contributed by atoms with Gasteiger partial charge in [0.15, 0.2) is 23.0 Å². The number of para-hydroxylation sites is 2. The average Bonchev–Trinajstić information content (AvgIpc) is 2.67. The maximum Gasteiger partial charge on any atom is 0.264 e. The molecule has 0 saturated carbocycles. The largest absolute Gasteiger partial charge is 0.493 e. The summed E-state index contributed by atoms with van der Waals surface area (Å²) in [4.78, 5) is 12.3. The van der Waals surface area contributed by atoms with Crippen molar-refractivity contribution in [2.45, 2.75) is 12.5 Å². The van der Waals surface area contributed by atoms with Crippen molar-refractivity contribution in [2.24, 2.45) is 0 Å². The molecule has 0 saturated heterocycles. The van der Waals surface area contributed by atoms with Gasteiger partial charge in [0.2, 0.25) is 6.10 Å². The number of methoxy groups -OCH3 is 2. The van der Waals surface area contributed by atoms with Gasteiger partial charge in [-0.05, 0) is 36.2 Å². The Bertz CT molecular complexity index is 746. The number of nitrogens with one attached hydrogen (secondary N) is 1. The normalized spacial score (nSPS) is 15.4. The molecular weight excluding hydrogens is 322 g/mol. The Labute approximate surface area is 146 Å². The number of ether oxygens (including phenoxy) is 4. The van der Waals surface area contributed by atoms with Crippen molar-refractivity contribution in [3.05, 3.63) is 48.0 Å². The van der Waals surface area contributed by atoms with Gasteiger partial charge in [0.25, 0.3) is 5.91 Å². The Morgan fingerprint density at radius 2 is 1.88 bits per heavy atom. The van der Waals surface area contributed by atoms with Gasteiger partial charge in [-0.1, -0.05) is 18.2 Å². The summed E-state index contributed by atoms with van der Waals surface area (Å²) in [6.45, 7) is 0.703. The second-order valence-corrected chi connectivity index (χ2v) is 5.59. The second kappa shape index (κ2) is 7.79. The third kappa shape index (κ3) is 3.96. The van der Waals surface area contributed by atoms with Crippen LogP contribution in [0.1, 0.15) is 5.56 Å². The highest BCUT2D eigenvalue weighted by molar-refractivity contribution is 5.81. The number of benzene rings is 2. The number of amides is 1. The fraction of sp³-hybridized carbons (Fsp3) is 0.316. The van der Waals surface area contributed by atoms with E-state index < -0.39 is 6.10 Å². The van der Waals surface area contributed by atoms with E-state index >= 15 is 0 Å². The predicted octanol–water partition coefficient (Wildman–Crippen LogP) is 2.20. The maximum absolute atomic E-state index is 12.3. The average molecular weight is 343 g/mol. The molecule has 2 aromatic carbocycles. The van der Waals surface area contributed by atoms with E-state index in [-0.39, 0.29) is 12.5 Å².